The number of aromatic nitrogens is 1. The molecule has 5 rings (SSSR count). The van der Waals surface area contributed by atoms with Crippen LogP contribution in [0, 0.1) is 0 Å². The third-order valence-electron chi connectivity index (χ3n) is 6.51. The van der Waals surface area contributed by atoms with Gasteiger partial charge in [-0.05, 0) is 41.9 Å². The maximum Gasteiger partial charge on any atom is 0.338 e. The number of benzene rings is 1. The van der Waals surface area contributed by atoms with Gasteiger partial charge < -0.3 is 28.3 Å². The molecule has 4 heterocycles. The molecule has 2 aliphatic heterocycles. The monoisotopic (exact) mass is 617 g/mol. The Morgan fingerprint density at radius 3 is 2.69 bits per heavy atom. The lowest BCUT2D eigenvalue weighted by atomic mass is 9.95. The summed E-state index contributed by atoms with van der Waals surface area (Å²) in [6.45, 7) is 6.34. The predicted octanol–water partition coefficient (Wildman–Crippen LogP) is 3.01. The summed E-state index contributed by atoms with van der Waals surface area (Å²) in [7, 11) is 3.09. The molecule has 206 valence electrons. The topological polar surface area (TPSA) is 105 Å². The summed E-state index contributed by atoms with van der Waals surface area (Å²) in [4.78, 5) is 34.3. The van der Waals surface area contributed by atoms with Crippen molar-refractivity contribution in [1.82, 2.24) is 4.57 Å². The zero-order valence-electron chi connectivity index (χ0n) is 22.0. The molecule has 12 heteroatoms. The minimum absolute atomic E-state index is 0.186. The molecule has 0 aliphatic carbocycles. The molecule has 0 saturated carbocycles. The number of furan rings is 1. The number of rotatable bonds is 7. The van der Waals surface area contributed by atoms with E-state index < -0.39 is 12.0 Å². The summed E-state index contributed by atoms with van der Waals surface area (Å²) >= 11 is 4.80. The Kier molecular flexibility index (Phi) is 7.96. The third kappa shape index (κ3) is 5.15. The van der Waals surface area contributed by atoms with Crippen LogP contribution in [0.15, 0.2) is 54.2 Å². The number of methoxy groups -OCH3 is 2. The lowest BCUT2D eigenvalue weighted by molar-refractivity contribution is -0.139. The Bertz CT molecular complexity index is 1610. The summed E-state index contributed by atoms with van der Waals surface area (Å²) in [5.74, 6) is 1.73. The molecule has 0 amide bonds. The highest BCUT2D eigenvalue weighted by Crippen LogP contribution is 2.37. The number of ether oxygens (including phenoxy) is 4. The fourth-order valence-electron chi connectivity index (χ4n) is 4.69. The van der Waals surface area contributed by atoms with Crippen molar-refractivity contribution in [3.8, 4) is 11.5 Å². The van der Waals surface area contributed by atoms with E-state index in [2.05, 4.69) is 25.8 Å². The van der Waals surface area contributed by atoms with E-state index in [1.807, 2.05) is 6.07 Å². The Labute approximate surface area is 236 Å². The van der Waals surface area contributed by atoms with Crippen LogP contribution in [0.5, 0.6) is 11.5 Å². The maximum absolute atomic E-state index is 13.9. The average Bonchev–Trinajstić information content (AvgIpc) is 3.46. The fraction of sp³-hybridized carbons (Fsp3) is 0.370. The molecule has 3 aromatic rings. The minimum atomic E-state index is -0.810. The molecule has 39 heavy (non-hydrogen) atoms. The van der Waals surface area contributed by atoms with Gasteiger partial charge >= 0.3 is 5.97 Å². The van der Waals surface area contributed by atoms with Crippen LogP contribution in [0.4, 0.5) is 5.88 Å². The average molecular weight is 619 g/mol. The van der Waals surface area contributed by atoms with E-state index in [4.69, 9.17) is 23.4 Å². The molecule has 0 N–H and O–H groups in total. The standard InChI is InChI=1S/C27H28BrN3O7S/c1-5-37-26(33)22-15(2)29-27-31(23(22)18-7-6-16(34-3)13-20(18)35-4)24(32)21(39-27)14-17-12-19(28)25(38-17)30-8-10-36-11-9-30/h6-7,12-14,23H,5,8-11H2,1-4H3/b21-14+/t23-/m1/s1. The number of carbonyl (C=O) groups is 1. The van der Waals surface area contributed by atoms with E-state index in [0.29, 0.717) is 70.0 Å². The number of esters is 1. The summed E-state index contributed by atoms with van der Waals surface area (Å²) in [6, 6.07) is 6.30. The maximum atomic E-state index is 13.9. The number of allylic oxidation sites excluding steroid dienone is 1. The van der Waals surface area contributed by atoms with E-state index in [1.54, 1.807) is 45.2 Å². The summed E-state index contributed by atoms with van der Waals surface area (Å²) in [5.41, 5.74) is 1.05. The minimum Gasteiger partial charge on any atom is -0.497 e. The zero-order chi connectivity index (χ0) is 27.7. The molecular formula is C27H28BrN3O7S. The molecule has 1 aromatic carbocycles. The lowest BCUT2D eigenvalue weighted by Gasteiger charge is -2.26. The molecule has 0 unspecified atom stereocenters. The van der Waals surface area contributed by atoms with Gasteiger partial charge in [0.2, 0.25) is 5.88 Å². The highest BCUT2D eigenvalue weighted by molar-refractivity contribution is 9.10. The molecular weight excluding hydrogens is 590 g/mol. The van der Waals surface area contributed by atoms with Crippen molar-refractivity contribution >= 4 is 45.2 Å². The Balaban J connectivity index is 1.66. The van der Waals surface area contributed by atoms with Gasteiger partial charge in [0.05, 0.1) is 54.3 Å². The second-order valence-electron chi connectivity index (χ2n) is 8.81. The van der Waals surface area contributed by atoms with Crippen LogP contribution in [0.25, 0.3) is 6.08 Å². The van der Waals surface area contributed by atoms with Crippen LogP contribution in [0.2, 0.25) is 0 Å². The molecule has 1 fully saturated rings. The fourth-order valence-corrected chi connectivity index (χ4v) is 6.27. The van der Waals surface area contributed by atoms with Crippen molar-refractivity contribution in [1.29, 1.82) is 0 Å². The number of fused-ring (bicyclic) bond motifs is 1. The predicted molar refractivity (Wildman–Crippen MR) is 149 cm³/mol. The quantitative estimate of drug-likeness (QED) is 0.373. The molecule has 0 bridgehead atoms. The number of hydrogen-bond donors (Lipinski definition) is 0. The first kappa shape index (κ1) is 27.2. The molecule has 2 aromatic heterocycles. The van der Waals surface area contributed by atoms with Gasteiger partial charge in [0.1, 0.15) is 23.3 Å². The number of morpholine rings is 1. The Hall–Kier alpha value is -3.35. The molecule has 0 radical (unpaired) electrons. The largest absolute Gasteiger partial charge is 0.497 e. The van der Waals surface area contributed by atoms with E-state index >= 15 is 0 Å². The number of nitrogens with zero attached hydrogens (tertiary/aromatic N) is 3. The van der Waals surface area contributed by atoms with Crippen LogP contribution in [0.3, 0.4) is 0 Å². The molecule has 1 atom stereocenters. The number of anilines is 1. The van der Waals surface area contributed by atoms with Crippen LogP contribution in [-0.2, 0) is 14.3 Å². The highest BCUT2D eigenvalue weighted by atomic mass is 79.9. The summed E-state index contributed by atoms with van der Waals surface area (Å²) in [5, 5.41) is 0. The van der Waals surface area contributed by atoms with Crippen molar-refractivity contribution in [3.05, 3.63) is 71.0 Å². The van der Waals surface area contributed by atoms with Gasteiger partial charge in [-0.15, -0.1) is 0 Å². The SMILES string of the molecule is CCOC(=O)C1=C(C)N=c2s/c(=C/c3cc(Br)c(N4CCOCC4)o3)c(=O)n2[C@@H]1c1ccc(OC)cc1OC. The zero-order valence-corrected chi connectivity index (χ0v) is 24.4. The third-order valence-corrected chi connectivity index (χ3v) is 8.06. The van der Waals surface area contributed by atoms with Gasteiger partial charge in [-0.2, -0.15) is 0 Å². The van der Waals surface area contributed by atoms with Gasteiger partial charge in [-0.3, -0.25) is 9.36 Å². The van der Waals surface area contributed by atoms with Crippen LogP contribution < -0.4 is 29.3 Å². The van der Waals surface area contributed by atoms with Crippen LogP contribution >= 0.6 is 27.3 Å². The van der Waals surface area contributed by atoms with Gasteiger partial charge in [0.15, 0.2) is 4.80 Å². The van der Waals surface area contributed by atoms with Gasteiger partial charge in [-0.1, -0.05) is 11.3 Å². The number of hydrogen-bond acceptors (Lipinski definition) is 10. The van der Waals surface area contributed by atoms with Crippen LogP contribution in [-0.4, -0.2) is 57.7 Å². The smallest absolute Gasteiger partial charge is 0.338 e. The van der Waals surface area contributed by atoms with Crippen molar-refractivity contribution in [2.45, 2.75) is 19.9 Å². The lowest BCUT2D eigenvalue weighted by Crippen LogP contribution is -2.40. The molecule has 1 saturated heterocycles. The van der Waals surface area contributed by atoms with Gasteiger partial charge in [0.25, 0.3) is 5.56 Å². The first-order valence-electron chi connectivity index (χ1n) is 12.4. The first-order valence-corrected chi connectivity index (χ1v) is 14.0. The number of halogens is 1. The second-order valence-corrected chi connectivity index (χ2v) is 10.7. The van der Waals surface area contributed by atoms with E-state index in [-0.39, 0.29) is 17.7 Å². The number of carbonyl (C=O) groups excluding carboxylic acids is 1. The molecule has 2 aliphatic rings. The Morgan fingerprint density at radius 1 is 1.23 bits per heavy atom. The molecule has 10 nitrogen and oxygen atoms in total. The van der Waals surface area contributed by atoms with Crippen molar-refractivity contribution in [2.75, 3.05) is 52.0 Å². The van der Waals surface area contributed by atoms with E-state index in [1.165, 1.54) is 23.0 Å². The normalized spacial score (nSPS) is 17.6. The summed E-state index contributed by atoms with van der Waals surface area (Å²) in [6.07, 6.45) is 1.70. The van der Waals surface area contributed by atoms with Crippen molar-refractivity contribution in [2.24, 2.45) is 4.99 Å². The van der Waals surface area contributed by atoms with E-state index in [0.717, 1.165) is 4.47 Å². The van der Waals surface area contributed by atoms with Gasteiger partial charge in [-0.25, -0.2) is 9.79 Å². The number of thiazole rings is 1. The Morgan fingerprint density at radius 2 is 2.00 bits per heavy atom. The summed E-state index contributed by atoms with van der Waals surface area (Å²) < 4.78 is 30.7. The van der Waals surface area contributed by atoms with Crippen molar-refractivity contribution < 1.29 is 28.2 Å². The highest BCUT2D eigenvalue weighted by Gasteiger charge is 2.35. The first-order chi connectivity index (χ1) is 18.9. The van der Waals surface area contributed by atoms with Crippen molar-refractivity contribution in [3.63, 3.8) is 0 Å². The molecule has 0 spiro atoms. The van der Waals surface area contributed by atoms with Crippen LogP contribution in [0.1, 0.15) is 31.2 Å². The van der Waals surface area contributed by atoms with E-state index in [9.17, 15) is 9.59 Å². The second kappa shape index (κ2) is 11.4. The van der Waals surface area contributed by atoms with Gasteiger partial charge in [0, 0.05) is 36.9 Å².